The van der Waals surface area contributed by atoms with E-state index in [1.165, 1.54) is 6.42 Å². The third kappa shape index (κ3) is 0.970. The van der Waals surface area contributed by atoms with Crippen LogP contribution in [0.3, 0.4) is 0 Å². The number of carbonyl (C=O) groups excluding carboxylic acids is 1. The topological polar surface area (TPSA) is 26.3 Å². The van der Waals surface area contributed by atoms with Crippen molar-refractivity contribution in [2.45, 2.75) is 46.6 Å². The number of hydrogen-bond donors (Lipinski definition) is 0. The number of ether oxygens (including phenoxy) is 1. The minimum absolute atomic E-state index is 0.0721. The summed E-state index contributed by atoms with van der Waals surface area (Å²) in [6, 6.07) is 0. The Hall–Kier alpha value is -0.530. The largest absolute Gasteiger partial charge is 0.460 e. The summed E-state index contributed by atoms with van der Waals surface area (Å²) < 4.78 is 5.64. The van der Waals surface area contributed by atoms with Gasteiger partial charge in [0, 0.05) is 0 Å². The summed E-state index contributed by atoms with van der Waals surface area (Å²) in [6.07, 6.45) is 1.27. The van der Waals surface area contributed by atoms with Gasteiger partial charge in [-0.2, -0.15) is 0 Å². The minimum atomic E-state index is -0.338. The zero-order valence-electron chi connectivity index (χ0n) is 10.9. The maximum Gasteiger partial charge on any atom is 0.313 e. The van der Waals surface area contributed by atoms with Crippen LogP contribution in [0.1, 0.15) is 41.0 Å². The molecule has 0 amide bonds. The van der Waals surface area contributed by atoms with Gasteiger partial charge >= 0.3 is 5.97 Å². The number of carbonyl (C=O) groups is 1. The van der Waals surface area contributed by atoms with Crippen LogP contribution in [0.15, 0.2) is 0 Å². The van der Waals surface area contributed by atoms with E-state index in [1.807, 2.05) is 20.8 Å². The van der Waals surface area contributed by atoms with Gasteiger partial charge in [0.05, 0.1) is 5.41 Å². The lowest BCUT2D eigenvalue weighted by atomic mass is 9.89. The molecule has 90 valence electrons. The van der Waals surface area contributed by atoms with Crippen molar-refractivity contribution in [2.75, 3.05) is 0 Å². The molecular weight excluding hydrogens is 200 g/mol. The standard InChI is InChI=1S/C14H22O2/c1-7-9-6-10-11(7)14(10,8(9)2)12(15)16-13(3,4)5/h7-11H,6H2,1-5H3. The summed E-state index contributed by atoms with van der Waals surface area (Å²) in [4.78, 5) is 12.4. The van der Waals surface area contributed by atoms with Crippen LogP contribution in [0.5, 0.6) is 0 Å². The van der Waals surface area contributed by atoms with Crippen LogP contribution in [0.2, 0.25) is 0 Å². The van der Waals surface area contributed by atoms with Crippen LogP contribution in [0, 0.1) is 35.0 Å². The van der Waals surface area contributed by atoms with E-state index >= 15 is 0 Å². The highest BCUT2D eigenvalue weighted by Gasteiger charge is 2.85. The van der Waals surface area contributed by atoms with E-state index in [1.54, 1.807) is 0 Å². The fourth-order valence-electron chi connectivity index (χ4n) is 4.92. The lowest BCUT2D eigenvalue weighted by molar-refractivity contribution is -0.164. The zero-order chi connectivity index (χ0) is 11.9. The number of hydrogen-bond acceptors (Lipinski definition) is 2. The quantitative estimate of drug-likeness (QED) is 0.638. The first kappa shape index (κ1) is 10.6. The molecule has 4 aliphatic carbocycles. The van der Waals surface area contributed by atoms with Gasteiger partial charge in [-0.1, -0.05) is 13.8 Å². The second-order valence-electron chi connectivity index (χ2n) is 7.11. The fraction of sp³-hybridized carbons (Fsp3) is 0.929. The van der Waals surface area contributed by atoms with Gasteiger partial charge in [0.1, 0.15) is 5.60 Å². The molecule has 0 spiro atoms. The van der Waals surface area contributed by atoms with Crippen LogP contribution in [-0.4, -0.2) is 11.6 Å². The Morgan fingerprint density at radius 1 is 1.31 bits per heavy atom. The molecule has 4 fully saturated rings. The van der Waals surface area contributed by atoms with Crippen molar-refractivity contribution in [3.63, 3.8) is 0 Å². The predicted octanol–water partition coefficient (Wildman–Crippen LogP) is 2.87. The monoisotopic (exact) mass is 222 g/mol. The average Bonchev–Trinajstić information content (AvgIpc) is 2.41. The first-order valence-electron chi connectivity index (χ1n) is 6.53. The molecule has 4 saturated carbocycles. The summed E-state index contributed by atoms with van der Waals surface area (Å²) in [7, 11) is 0. The molecule has 0 N–H and O–H groups in total. The second kappa shape index (κ2) is 2.65. The third-order valence-corrected chi connectivity index (χ3v) is 5.41. The van der Waals surface area contributed by atoms with Gasteiger partial charge in [-0.3, -0.25) is 4.79 Å². The summed E-state index contributed by atoms with van der Waals surface area (Å²) >= 11 is 0. The maximum absolute atomic E-state index is 12.4. The van der Waals surface area contributed by atoms with E-state index in [-0.39, 0.29) is 17.0 Å². The summed E-state index contributed by atoms with van der Waals surface area (Å²) in [6.45, 7) is 10.5. The normalized spacial score (nSPS) is 52.9. The highest BCUT2D eigenvalue weighted by Crippen LogP contribution is 2.83. The number of esters is 1. The Labute approximate surface area is 97.7 Å². The van der Waals surface area contributed by atoms with Crippen LogP contribution >= 0.6 is 0 Å². The van der Waals surface area contributed by atoms with Crippen molar-refractivity contribution in [2.24, 2.45) is 35.0 Å². The van der Waals surface area contributed by atoms with Gasteiger partial charge in [0.25, 0.3) is 0 Å². The molecule has 6 unspecified atom stereocenters. The molecule has 0 aliphatic heterocycles. The van der Waals surface area contributed by atoms with E-state index in [0.29, 0.717) is 17.8 Å². The molecule has 2 nitrogen and oxygen atoms in total. The first-order chi connectivity index (χ1) is 7.30. The summed E-state index contributed by atoms with van der Waals surface area (Å²) in [5.74, 6) is 3.46. The lowest BCUT2D eigenvalue weighted by Gasteiger charge is -2.25. The molecule has 4 aliphatic rings. The molecule has 4 rings (SSSR count). The lowest BCUT2D eigenvalue weighted by Crippen LogP contribution is -2.32. The number of rotatable bonds is 1. The van der Waals surface area contributed by atoms with Gasteiger partial charge in [0.2, 0.25) is 0 Å². The smallest absolute Gasteiger partial charge is 0.313 e. The Morgan fingerprint density at radius 2 is 1.94 bits per heavy atom. The third-order valence-electron chi connectivity index (χ3n) is 5.41. The van der Waals surface area contributed by atoms with Crippen LogP contribution in [-0.2, 0) is 9.53 Å². The fourth-order valence-corrected chi connectivity index (χ4v) is 4.92. The van der Waals surface area contributed by atoms with Crippen molar-refractivity contribution in [3.05, 3.63) is 0 Å². The molecule has 0 radical (unpaired) electrons. The van der Waals surface area contributed by atoms with Crippen LogP contribution in [0.25, 0.3) is 0 Å². The van der Waals surface area contributed by atoms with Crippen molar-refractivity contribution in [3.8, 4) is 0 Å². The van der Waals surface area contributed by atoms with Gasteiger partial charge in [-0.25, -0.2) is 0 Å². The van der Waals surface area contributed by atoms with E-state index in [0.717, 1.165) is 11.8 Å². The van der Waals surface area contributed by atoms with Gasteiger partial charge in [-0.05, 0) is 56.8 Å². The van der Waals surface area contributed by atoms with E-state index in [4.69, 9.17) is 4.74 Å². The molecule has 16 heavy (non-hydrogen) atoms. The van der Waals surface area contributed by atoms with Crippen molar-refractivity contribution >= 4 is 5.97 Å². The Balaban J connectivity index is 1.85. The van der Waals surface area contributed by atoms with E-state index in [9.17, 15) is 4.79 Å². The average molecular weight is 222 g/mol. The molecule has 0 aromatic rings. The Bertz CT molecular complexity index is 350. The van der Waals surface area contributed by atoms with E-state index < -0.39 is 0 Å². The van der Waals surface area contributed by atoms with Gasteiger partial charge in [0.15, 0.2) is 0 Å². The molecule has 0 aromatic carbocycles. The second-order valence-corrected chi connectivity index (χ2v) is 7.11. The highest BCUT2D eigenvalue weighted by atomic mass is 16.6. The highest BCUT2D eigenvalue weighted by molar-refractivity contribution is 5.84. The first-order valence-corrected chi connectivity index (χ1v) is 6.53. The molecule has 6 atom stereocenters. The predicted molar refractivity (Wildman–Crippen MR) is 61.7 cm³/mol. The van der Waals surface area contributed by atoms with E-state index in [2.05, 4.69) is 13.8 Å². The van der Waals surface area contributed by atoms with Crippen LogP contribution in [0.4, 0.5) is 0 Å². The van der Waals surface area contributed by atoms with Gasteiger partial charge in [-0.15, -0.1) is 0 Å². The molecule has 0 saturated heterocycles. The molecule has 0 aromatic heterocycles. The minimum Gasteiger partial charge on any atom is -0.460 e. The van der Waals surface area contributed by atoms with Gasteiger partial charge < -0.3 is 4.74 Å². The Kier molecular flexibility index (Phi) is 1.76. The van der Waals surface area contributed by atoms with Crippen molar-refractivity contribution in [1.29, 1.82) is 0 Å². The van der Waals surface area contributed by atoms with Crippen LogP contribution < -0.4 is 0 Å². The summed E-state index contributed by atoms with van der Waals surface area (Å²) in [5, 5.41) is 0. The zero-order valence-corrected chi connectivity index (χ0v) is 10.9. The molecule has 0 heterocycles. The van der Waals surface area contributed by atoms with Crippen molar-refractivity contribution < 1.29 is 9.53 Å². The summed E-state index contributed by atoms with van der Waals surface area (Å²) in [5.41, 5.74) is -0.410. The van der Waals surface area contributed by atoms with Crippen molar-refractivity contribution in [1.82, 2.24) is 0 Å². The molecular formula is C14H22O2. The maximum atomic E-state index is 12.4. The SMILES string of the molecule is CC1C2CC3C1C3(C(=O)OC(C)(C)C)C2C. The molecule has 2 heteroatoms. The molecule has 4 bridgehead atoms. The Morgan fingerprint density at radius 3 is 2.25 bits per heavy atom.